The summed E-state index contributed by atoms with van der Waals surface area (Å²) in [7, 11) is -3.70. The highest BCUT2D eigenvalue weighted by molar-refractivity contribution is 7.92. The minimum absolute atomic E-state index is 0.346. The molecule has 0 aromatic heterocycles. The van der Waals surface area contributed by atoms with E-state index in [9.17, 15) is 17.6 Å². The van der Waals surface area contributed by atoms with Crippen LogP contribution in [0.5, 0.6) is 5.75 Å². The lowest BCUT2D eigenvalue weighted by Crippen LogP contribution is -2.36. The fourth-order valence-corrected chi connectivity index (χ4v) is 6.13. The summed E-state index contributed by atoms with van der Waals surface area (Å²) in [6, 6.07) is 9.90. The number of hydrogen-bond acceptors (Lipinski definition) is 8. The van der Waals surface area contributed by atoms with Gasteiger partial charge in [0.1, 0.15) is 5.75 Å². The molecule has 3 N–H and O–H groups in total. The second-order valence-corrected chi connectivity index (χ2v) is 12.2. The van der Waals surface area contributed by atoms with Crippen LogP contribution in [0.1, 0.15) is 36.0 Å². The van der Waals surface area contributed by atoms with E-state index in [1.54, 1.807) is 36.4 Å². The third-order valence-corrected chi connectivity index (χ3v) is 9.05. The molecule has 10 nitrogen and oxygen atoms in total. The predicted molar refractivity (Wildman–Crippen MR) is 148 cm³/mol. The van der Waals surface area contributed by atoms with Gasteiger partial charge in [-0.1, -0.05) is 0 Å². The number of nitrogens with zero attached hydrogens (tertiary/aromatic N) is 2. The van der Waals surface area contributed by atoms with E-state index in [1.807, 2.05) is 4.90 Å². The molecule has 1 saturated carbocycles. The molecule has 39 heavy (non-hydrogen) atoms. The molecule has 1 aliphatic carbocycles. The van der Waals surface area contributed by atoms with Crippen molar-refractivity contribution >= 4 is 38.7 Å². The molecule has 0 atom stereocenters. The van der Waals surface area contributed by atoms with Crippen LogP contribution in [0.25, 0.3) is 0 Å². The summed E-state index contributed by atoms with van der Waals surface area (Å²) in [4.78, 5) is 17.6. The van der Waals surface area contributed by atoms with Gasteiger partial charge in [-0.05, 0) is 67.5 Å². The van der Waals surface area contributed by atoms with Gasteiger partial charge < -0.3 is 29.7 Å². The smallest absolute Gasteiger partial charge is 0.255 e. The number of carbonyl (C=O) groups is 1. The van der Waals surface area contributed by atoms with Gasteiger partial charge >= 0.3 is 0 Å². The van der Waals surface area contributed by atoms with E-state index in [2.05, 4.69) is 14.9 Å². The van der Waals surface area contributed by atoms with Crippen molar-refractivity contribution in [2.75, 3.05) is 78.5 Å². The normalized spacial score (nSPS) is 18.6. The minimum atomic E-state index is -3.70. The molecular formula is C27H35FN4O6S. The quantitative estimate of drug-likeness (QED) is 0.404. The number of aliphatic hydroxyl groups is 1. The topological polar surface area (TPSA) is 120 Å². The number of carbonyl (C=O) groups excluding carboxylic acids is 1. The van der Waals surface area contributed by atoms with E-state index in [1.165, 1.54) is 12.8 Å². The number of anilines is 4. The van der Waals surface area contributed by atoms with Gasteiger partial charge in [-0.15, -0.1) is 0 Å². The minimum Gasteiger partial charge on any atom is -0.461 e. The lowest BCUT2D eigenvalue weighted by molar-refractivity contribution is 0.102. The Morgan fingerprint density at radius 3 is 2.38 bits per heavy atom. The number of rotatable bonds is 10. The second-order valence-electron chi connectivity index (χ2n) is 10.4. The number of nitrogens with one attached hydrogen (secondary N) is 2. The zero-order valence-electron chi connectivity index (χ0n) is 21.8. The number of benzene rings is 2. The van der Waals surface area contributed by atoms with Gasteiger partial charge in [0.05, 0.1) is 48.3 Å². The van der Waals surface area contributed by atoms with Crippen LogP contribution in [0, 0.1) is 5.41 Å². The van der Waals surface area contributed by atoms with Crippen molar-refractivity contribution in [1.29, 1.82) is 0 Å². The third kappa shape index (κ3) is 6.56. The van der Waals surface area contributed by atoms with E-state index in [4.69, 9.17) is 14.6 Å². The first-order valence-electron chi connectivity index (χ1n) is 13.3. The van der Waals surface area contributed by atoms with Gasteiger partial charge in [0, 0.05) is 31.7 Å². The first kappa shape index (κ1) is 27.5. The van der Waals surface area contributed by atoms with Crippen LogP contribution < -0.4 is 24.6 Å². The Hall–Kier alpha value is -3.09. The van der Waals surface area contributed by atoms with E-state index in [0.29, 0.717) is 60.1 Å². The summed E-state index contributed by atoms with van der Waals surface area (Å²) in [5.41, 5.74) is 3.12. The van der Waals surface area contributed by atoms with Crippen molar-refractivity contribution in [2.24, 2.45) is 5.41 Å². The van der Waals surface area contributed by atoms with Gasteiger partial charge in [-0.2, -0.15) is 0 Å². The van der Waals surface area contributed by atoms with Crippen molar-refractivity contribution in [3.8, 4) is 5.75 Å². The van der Waals surface area contributed by atoms with Gasteiger partial charge in [-0.25, -0.2) is 12.8 Å². The van der Waals surface area contributed by atoms with Crippen LogP contribution >= 0.6 is 0 Å². The first-order chi connectivity index (χ1) is 18.8. The SMILES string of the molecule is O=C(Nc1ccc(NS(=O)(=O)CCO)cc1N1CCC2(CC1)CC2)c1ccc(OCF)c(N2CCOCC2)c1. The maximum absolute atomic E-state index is 13.4. The molecule has 2 heterocycles. The Bertz CT molecular complexity index is 1290. The zero-order valence-corrected chi connectivity index (χ0v) is 22.6. The zero-order chi connectivity index (χ0) is 27.5. The molecule has 0 unspecified atom stereocenters. The molecule has 2 aromatic carbocycles. The number of amides is 1. The maximum Gasteiger partial charge on any atom is 0.255 e. The second kappa shape index (κ2) is 11.6. The van der Waals surface area contributed by atoms with Crippen LogP contribution in [0.15, 0.2) is 36.4 Å². The highest BCUT2D eigenvalue weighted by Crippen LogP contribution is 2.54. The molecule has 2 aromatic rings. The number of morpholine rings is 1. The Labute approximate surface area is 228 Å². The number of hydrogen-bond donors (Lipinski definition) is 3. The molecule has 212 valence electrons. The summed E-state index contributed by atoms with van der Waals surface area (Å²) in [6.07, 6.45) is 4.61. The van der Waals surface area contributed by atoms with Crippen molar-refractivity contribution in [1.82, 2.24) is 0 Å². The summed E-state index contributed by atoms with van der Waals surface area (Å²) < 4.78 is 50.7. The van der Waals surface area contributed by atoms with Crippen molar-refractivity contribution in [3.63, 3.8) is 0 Å². The van der Waals surface area contributed by atoms with Crippen LogP contribution in [0.2, 0.25) is 0 Å². The van der Waals surface area contributed by atoms with E-state index in [-0.39, 0.29) is 5.91 Å². The highest BCUT2D eigenvalue weighted by Gasteiger charge is 2.44. The summed E-state index contributed by atoms with van der Waals surface area (Å²) in [5.74, 6) is -0.388. The lowest BCUT2D eigenvalue weighted by Gasteiger charge is -2.35. The molecule has 3 fully saturated rings. The Kier molecular flexibility index (Phi) is 8.15. The molecule has 12 heteroatoms. The maximum atomic E-state index is 13.4. The molecule has 1 spiro atoms. The molecule has 0 radical (unpaired) electrons. The highest BCUT2D eigenvalue weighted by atomic mass is 32.2. The predicted octanol–water partition coefficient (Wildman–Crippen LogP) is 3.20. The number of aliphatic hydroxyl groups excluding tert-OH is 1. The Balaban J connectivity index is 1.41. The van der Waals surface area contributed by atoms with Gasteiger partial charge in [0.25, 0.3) is 5.91 Å². The number of sulfonamides is 1. The molecule has 0 bridgehead atoms. The Morgan fingerprint density at radius 1 is 1.00 bits per heavy atom. The third-order valence-electron chi connectivity index (χ3n) is 7.78. The average molecular weight is 563 g/mol. The summed E-state index contributed by atoms with van der Waals surface area (Å²) >= 11 is 0. The van der Waals surface area contributed by atoms with E-state index < -0.39 is 29.2 Å². The van der Waals surface area contributed by atoms with Crippen molar-refractivity contribution < 1.29 is 32.2 Å². The molecule has 5 rings (SSSR count). The van der Waals surface area contributed by atoms with Crippen LogP contribution in [0.4, 0.5) is 27.1 Å². The van der Waals surface area contributed by atoms with E-state index >= 15 is 0 Å². The number of piperidine rings is 1. The van der Waals surface area contributed by atoms with E-state index in [0.717, 1.165) is 31.6 Å². The fraction of sp³-hybridized carbons (Fsp3) is 0.519. The van der Waals surface area contributed by atoms with Crippen LogP contribution in [-0.2, 0) is 14.8 Å². The largest absolute Gasteiger partial charge is 0.461 e. The fourth-order valence-electron chi connectivity index (χ4n) is 5.30. The van der Waals surface area contributed by atoms with Crippen molar-refractivity contribution in [2.45, 2.75) is 25.7 Å². The number of ether oxygens (including phenoxy) is 2. The summed E-state index contributed by atoms with van der Waals surface area (Å²) in [6.45, 7) is 2.42. The monoisotopic (exact) mass is 562 g/mol. The Morgan fingerprint density at radius 2 is 1.72 bits per heavy atom. The van der Waals surface area contributed by atoms with Crippen molar-refractivity contribution in [3.05, 3.63) is 42.0 Å². The average Bonchev–Trinajstić information content (AvgIpc) is 3.69. The first-order valence-corrected chi connectivity index (χ1v) is 14.9. The van der Waals surface area contributed by atoms with Gasteiger partial charge in [0.2, 0.25) is 16.9 Å². The molecule has 1 amide bonds. The molecular weight excluding hydrogens is 527 g/mol. The molecule has 3 aliphatic rings. The lowest BCUT2D eigenvalue weighted by atomic mass is 9.93. The number of alkyl halides is 1. The number of halogens is 1. The molecule has 2 saturated heterocycles. The van der Waals surface area contributed by atoms with Gasteiger partial charge in [0.15, 0.2) is 0 Å². The van der Waals surface area contributed by atoms with Crippen LogP contribution in [0.3, 0.4) is 0 Å². The standard InChI is InChI=1S/C27H35FN4O6S/c28-19-38-25-4-1-20(17-24(25)32-11-14-37-15-12-32)26(34)29-22-3-2-21(30-39(35,36)16-13-33)18-23(22)31-9-7-27(5-6-27)8-10-31/h1-4,17-18,30,33H,5-16,19H2,(H,29,34). The van der Waals surface area contributed by atoms with Crippen LogP contribution in [-0.4, -0.2) is 78.0 Å². The molecule has 2 aliphatic heterocycles. The van der Waals surface area contributed by atoms with Gasteiger partial charge in [-0.3, -0.25) is 9.52 Å². The summed E-state index contributed by atoms with van der Waals surface area (Å²) in [5, 5.41) is 12.1.